The van der Waals surface area contributed by atoms with E-state index in [-0.39, 0.29) is 6.61 Å². The van der Waals surface area contributed by atoms with E-state index in [1.165, 1.54) is 20.9 Å². The van der Waals surface area contributed by atoms with E-state index in [4.69, 9.17) is 14.5 Å². The van der Waals surface area contributed by atoms with Crippen LogP contribution in [0.3, 0.4) is 0 Å². The number of rotatable bonds is 5. The van der Waals surface area contributed by atoms with Crippen molar-refractivity contribution in [1.29, 1.82) is 0 Å². The monoisotopic (exact) mass is 331 g/mol. The molecule has 1 aromatic carbocycles. The number of amides is 1. The molecule has 1 amide bonds. The van der Waals surface area contributed by atoms with Gasteiger partial charge in [-0.3, -0.25) is 14.7 Å². The van der Waals surface area contributed by atoms with Gasteiger partial charge < -0.3 is 9.26 Å². The Hall–Kier alpha value is -1.89. The highest BCUT2D eigenvalue weighted by atomic mass is 31.2. The Kier molecular flexibility index (Phi) is 5.71. The van der Waals surface area contributed by atoms with Crippen molar-refractivity contribution in [2.75, 3.05) is 7.05 Å². The Morgan fingerprint density at radius 1 is 1.23 bits per heavy atom. The molecule has 122 valence electrons. The normalized spacial score (nSPS) is 11.7. The second-order valence-electron chi connectivity index (χ2n) is 5.03. The molecule has 8 nitrogen and oxygen atoms in total. The average Bonchev–Trinajstić information content (AvgIpc) is 2.43. The molecule has 0 radical (unpaired) electrons. The molecule has 0 saturated carbocycles. The smallest absolute Gasteiger partial charge is 0.445 e. The highest BCUT2D eigenvalue weighted by Crippen LogP contribution is 2.38. The van der Waals surface area contributed by atoms with Crippen LogP contribution in [0.1, 0.15) is 19.4 Å². The second kappa shape index (κ2) is 6.91. The molecule has 0 fully saturated rings. The second-order valence-corrected chi connectivity index (χ2v) is 6.19. The lowest BCUT2D eigenvalue weighted by Crippen LogP contribution is -2.51. The van der Waals surface area contributed by atoms with Gasteiger partial charge in [-0.25, -0.2) is 14.2 Å². The summed E-state index contributed by atoms with van der Waals surface area (Å²) in [5.41, 5.74) is -0.839. The maximum atomic E-state index is 11.9. The molecule has 0 aliphatic rings. The number of phosphoric acid groups is 1. The van der Waals surface area contributed by atoms with Crippen LogP contribution in [0.25, 0.3) is 0 Å². The lowest BCUT2D eigenvalue weighted by atomic mass is 10.1. The number of phosphoric ester groups is 1. The Labute approximate surface area is 127 Å². The van der Waals surface area contributed by atoms with Crippen LogP contribution >= 0.6 is 7.82 Å². The number of nitrogens with zero attached hydrogens (tertiary/aromatic N) is 1. The topological polar surface area (TPSA) is 113 Å². The van der Waals surface area contributed by atoms with Crippen molar-refractivity contribution in [3.05, 3.63) is 35.9 Å². The summed E-state index contributed by atoms with van der Waals surface area (Å²) in [4.78, 5) is 41.9. The fourth-order valence-corrected chi connectivity index (χ4v) is 1.84. The van der Waals surface area contributed by atoms with E-state index in [2.05, 4.69) is 4.52 Å². The molecular formula is C13H18NO7P. The highest BCUT2D eigenvalue weighted by Gasteiger charge is 2.41. The minimum Gasteiger partial charge on any atom is -0.445 e. The zero-order chi connectivity index (χ0) is 17.0. The minimum absolute atomic E-state index is 0.00757. The molecule has 0 saturated heterocycles. The number of carbonyl (C=O) groups is 2. The zero-order valence-corrected chi connectivity index (χ0v) is 13.3. The number of hydrogen-bond donors (Lipinski definition) is 2. The van der Waals surface area contributed by atoms with Crippen LogP contribution < -0.4 is 0 Å². The summed E-state index contributed by atoms with van der Waals surface area (Å²) in [7, 11) is -3.71. The van der Waals surface area contributed by atoms with Gasteiger partial charge in [0, 0.05) is 7.05 Å². The molecule has 1 aromatic rings. The fraction of sp³-hybridized carbons (Fsp3) is 0.385. The van der Waals surface area contributed by atoms with E-state index in [1.807, 2.05) is 6.07 Å². The van der Waals surface area contributed by atoms with Crippen molar-refractivity contribution in [3.63, 3.8) is 0 Å². The third-order valence-electron chi connectivity index (χ3n) is 3.02. The molecule has 0 atom stereocenters. The number of likely N-dealkylation sites (N-methyl/N-ethyl adjacent to an activating group) is 1. The zero-order valence-electron chi connectivity index (χ0n) is 12.4. The number of carbonyl (C=O) groups excluding carboxylic acids is 2. The van der Waals surface area contributed by atoms with Crippen molar-refractivity contribution in [3.8, 4) is 0 Å². The van der Waals surface area contributed by atoms with E-state index in [0.717, 1.165) is 10.5 Å². The summed E-state index contributed by atoms with van der Waals surface area (Å²) in [5, 5.41) is 0. The first-order valence-electron chi connectivity index (χ1n) is 6.28. The largest absolute Gasteiger partial charge is 0.527 e. The van der Waals surface area contributed by atoms with Crippen LogP contribution in [-0.2, 0) is 25.2 Å². The molecule has 0 heterocycles. The van der Waals surface area contributed by atoms with Gasteiger partial charge in [0.15, 0.2) is 0 Å². The van der Waals surface area contributed by atoms with Gasteiger partial charge in [0.2, 0.25) is 0 Å². The van der Waals surface area contributed by atoms with Crippen LogP contribution in [0.15, 0.2) is 30.3 Å². The quantitative estimate of drug-likeness (QED) is 0.789. The maximum Gasteiger partial charge on any atom is 0.527 e. The van der Waals surface area contributed by atoms with Gasteiger partial charge in [-0.1, -0.05) is 30.3 Å². The van der Waals surface area contributed by atoms with Gasteiger partial charge >= 0.3 is 19.9 Å². The summed E-state index contributed by atoms with van der Waals surface area (Å²) < 4.78 is 19.8. The van der Waals surface area contributed by atoms with Gasteiger partial charge in [-0.05, 0) is 19.4 Å². The van der Waals surface area contributed by atoms with Gasteiger partial charge in [-0.2, -0.15) is 0 Å². The molecule has 0 aromatic heterocycles. The average molecular weight is 331 g/mol. The molecule has 2 N–H and O–H groups in total. The minimum atomic E-state index is -4.98. The predicted molar refractivity (Wildman–Crippen MR) is 76.6 cm³/mol. The highest BCUT2D eigenvalue weighted by molar-refractivity contribution is 7.46. The van der Waals surface area contributed by atoms with Crippen LogP contribution in [0.2, 0.25) is 0 Å². The summed E-state index contributed by atoms with van der Waals surface area (Å²) in [5.74, 6) is -1.24. The van der Waals surface area contributed by atoms with Crippen molar-refractivity contribution < 1.29 is 33.2 Å². The Balaban J connectivity index is 2.68. The van der Waals surface area contributed by atoms with Crippen molar-refractivity contribution in [1.82, 2.24) is 4.90 Å². The summed E-state index contributed by atoms with van der Waals surface area (Å²) in [6.45, 7) is 2.58. The lowest BCUT2D eigenvalue weighted by molar-refractivity contribution is -0.146. The molecule has 9 heteroatoms. The van der Waals surface area contributed by atoms with Crippen LogP contribution in [-0.4, -0.2) is 39.3 Å². The summed E-state index contributed by atoms with van der Waals surface area (Å²) in [6.07, 6.45) is -0.823. The molecule has 22 heavy (non-hydrogen) atoms. The van der Waals surface area contributed by atoms with Crippen LogP contribution in [0.5, 0.6) is 0 Å². The summed E-state index contributed by atoms with van der Waals surface area (Å²) in [6, 6.07) is 8.92. The Morgan fingerprint density at radius 3 is 2.27 bits per heavy atom. The molecule has 1 rings (SSSR count). The van der Waals surface area contributed by atoms with Gasteiger partial charge in [0.25, 0.3) is 0 Å². The van der Waals surface area contributed by atoms with Crippen molar-refractivity contribution in [2.45, 2.75) is 26.0 Å². The number of hydrogen-bond acceptors (Lipinski definition) is 5. The van der Waals surface area contributed by atoms with E-state index in [1.54, 1.807) is 24.3 Å². The van der Waals surface area contributed by atoms with E-state index in [0.29, 0.717) is 0 Å². The standard InChI is InChI=1S/C13H18NO7P/c1-13(2,11(15)21-22(17,18)19)14(3)12(16)20-9-10-7-5-4-6-8-10/h4-8H,9H2,1-3H3,(H2,17,18,19). The molecular weight excluding hydrogens is 313 g/mol. The lowest BCUT2D eigenvalue weighted by Gasteiger charge is -2.32. The van der Waals surface area contributed by atoms with Crippen molar-refractivity contribution >= 4 is 19.9 Å². The fourth-order valence-electron chi connectivity index (χ4n) is 1.40. The van der Waals surface area contributed by atoms with Gasteiger partial charge in [0.05, 0.1) is 0 Å². The molecule has 0 aliphatic carbocycles. The number of ether oxygens (including phenoxy) is 1. The SMILES string of the molecule is CN(C(=O)OCc1ccccc1)C(C)(C)C(=O)OP(=O)(O)O. The Morgan fingerprint density at radius 2 is 1.77 bits per heavy atom. The van der Waals surface area contributed by atoms with E-state index in [9.17, 15) is 14.2 Å². The molecule has 0 spiro atoms. The maximum absolute atomic E-state index is 11.9. The third kappa shape index (κ3) is 5.14. The van der Waals surface area contributed by atoms with Gasteiger partial charge in [0.1, 0.15) is 12.1 Å². The first-order chi connectivity index (χ1) is 10.0. The molecule has 0 bridgehead atoms. The first kappa shape index (κ1) is 18.2. The number of benzene rings is 1. The van der Waals surface area contributed by atoms with Crippen LogP contribution in [0, 0.1) is 0 Å². The molecule has 0 unspecified atom stereocenters. The van der Waals surface area contributed by atoms with Gasteiger partial charge in [-0.15, -0.1) is 0 Å². The van der Waals surface area contributed by atoms with E-state index >= 15 is 0 Å². The van der Waals surface area contributed by atoms with Crippen molar-refractivity contribution in [2.24, 2.45) is 0 Å². The third-order valence-corrected chi connectivity index (χ3v) is 3.42. The summed E-state index contributed by atoms with van der Waals surface area (Å²) >= 11 is 0. The Bertz CT molecular complexity index is 581. The predicted octanol–water partition coefficient (Wildman–Crippen LogP) is 1.67. The van der Waals surface area contributed by atoms with Crippen LogP contribution in [0.4, 0.5) is 4.79 Å². The van der Waals surface area contributed by atoms with E-state index < -0.39 is 25.4 Å². The first-order valence-corrected chi connectivity index (χ1v) is 7.81. The molecule has 0 aliphatic heterocycles.